The lowest BCUT2D eigenvalue weighted by molar-refractivity contribution is -0.238. The Balaban J connectivity index is 1.45. The van der Waals surface area contributed by atoms with Gasteiger partial charge in [0.25, 0.3) is 0 Å². The number of hydrogen-bond donors (Lipinski definition) is 1. The second-order valence-corrected chi connectivity index (χ2v) is 6.65. The number of ether oxygens (including phenoxy) is 5. The molecule has 6 nitrogen and oxygen atoms in total. The Morgan fingerprint density at radius 1 is 1.00 bits per heavy atom. The van der Waals surface area contributed by atoms with Gasteiger partial charge in [-0.25, -0.2) is 0 Å². The third-order valence-corrected chi connectivity index (χ3v) is 4.43. The molecule has 3 saturated heterocycles. The van der Waals surface area contributed by atoms with Crippen molar-refractivity contribution in [2.75, 3.05) is 6.61 Å². The van der Waals surface area contributed by atoms with Gasteiger partial charge in [0.05, 0.1) is 13.2 Å². The molecular weight excluding hydrogens is 300 g/mol. The Kier molecular flexibility index (Phi) is 3.91. The van der Waals surface area contributed by atoms with Crippen molar-refractivity contribution >= 4 is 0 Å². The number of aliphatic hydroxyl groups is 1. The maximum absolute atomic E-state index is 9.21. The fourth-order valence-corrected chi connectivity index (χ4v) is 3.34. The van der Waals surface area contributed by atoms with Crippen LogP contribution in [-0.2, 0) is 30.3 Å². The van der Waals surface area contributed by atoms with E-state index in [4.69, 9.17) is 23.7 Å². The molecule has 0 bridgehead atoms. The van der Waals surface area contributed by atoms with Gasteiger partial charge in [-0.2, -0.15) is 0 Å². The minimum atomic E-state index is -0.671. The topological polar surface area (TPSA) is 69.7 Å². The molecule has 0 aromatic heterocycles. The summed E-state index contributed by atoms with van der Waals surface area (Å²) < 4.78 is 29.3. The lowest BCUT2D eigenvalue weighted by Crippen LogP contribution is -2.34. The third kappa shape index (κ3) is 3.03. The molecule has 3 aliphatic rings. The zero-order valence-electron chi connectivity index (χ0n) is 13.3. The molecule has 6 atom stereocenters. The summed E-state index contributed by atoms with van der Waals surface area (Å²) in [4.78, 5) is 0. The van der Waals surface area contributed by atoms with Crippen LogP contribution in [0.25, 0.3) is 0 Å². The van der Waals surface area contributed by atoms with Gasteiger partial charge in [-0.3, -0.25) is 0 Å². The maximum atomic E-state index is 9.21. The molecule has 6 heteroatoms. The van der Waals surface area contributed by atoms with E-state index in [9.17, 15) is 5.11 Å². The molecular formula is C17H22O6. The first kappa shape index (κ1) is 15.5. The zero-order chi connectivity index (χ0) is 16.0. The number of rotatable bonds is 5. The van der Waals surface area contributed by atoms with Crippen LogP contribution in [0.3, 0.4) is 0 Å². The SMILES string of the molecule is CC1(C)O[C@H]2[C@@H]([C@@H]3O[C@H]3CO)O[C@H](OCc3ccccc3)[C@H]2O1. The molecule has 0 amide bonds. The minimum absolute atomic E-state index is 0.0122. The van der Waals surface area contributed by atoms with Crippen molar-refractivity contribution in [3.8, 4) is 0 Å². The van der Waals surface area contributed by atoms with Crippen LogP contribution in [0, 0.1) is 0 Å². The molecule has 0 saturated carbocycles. The monoisotopic (exact) mass is 322 g/mol. The second-order valence-electron chi connectivity index (χ2n) is 6.65. The van der Waals surface area contributed by atoms with Crippen molar-refractivity contribution in [3.63, 3.8) is 0 Å². The first-order chi connectivity index (χ1) is 11.1. The van der Waals surface area contributed by atoms with E-state index in [0.29, 0.717) is 6.61 Å². The molecule has 3 heterocycles. The second kappa shape index (κ2) is 5.81. The molecule has 1 aromatic carbocycles. The van der Waals surface area contributed by atoms with E-state index in [1.165, 1.54) is 0 Å². The van der Waals surface area contributed by atoms with Crippen LogP contribution in [0.1, 0.15) is 19.4 Å². The number of benzene rings is 1. The van der Waals surface area contributed by atoms with Crippen LogP contribution in [0.5, 0.6) is 0 Å². The van der Waals surface area contributed by atoms with Crippen LogP contribution in [0.15, 0.2) is 30.3 Å². The number of fused-ring (bicyclic) bond motifs is 1. The zero-order valence-corrected chi connectivity index (χ0v) is 13.3. The molecule has 3 aliphatic heterocycles. The minimum Gasteiger partial charge on any atom is -0.394 e. The van der Waals surface area contributed by atoms with Crippen molar-refractivity contribution < 1.29 is 28.8 Å². The van der Waals surface area contributed by atoms with Crippen molar-refractivity contribution in [2.24, 2.45) is 0 Å². The summed E-state index contributed by atoms with van der Waals surface area (Å²) in [5.41, 5.74) is 1.07. The number of aliphatic hydroxyl groups excluding tert-OH is 1. The summed E-state index contributed by atoms with van der Waals surface area (Å²) in [6.07, 6.45) is -1.65. The molecule has 0 spiro atoms. The van der Waals surface area contributed by atoms with E-state index in [0.717, 1.165) is 5.56 Å². The Bertz CT molecular complexity index is 547. The molecule has 23 heavy (non-hydrogen) atoms. The van der Waals surface area contributed by atoms with Gasteiger partial charge in [-0.1, -0.05) is 30.3 Å². The maximum Gasteiger partial charge on any atom is 0.187 e. The highest BCUT2D eigenvalue weighted by molar-refractivity contribution is 5.13. The fraction of sp³-hybridized carbons (Fsp3) is 0.647. The summed E-state index contributed by atoms with van der Waals surface area (Å²) >= 11 is 0. The van der Waals surface area contributed by atoms with Gasteiger partial charge in [0.2, 0.25) is 0 Å². The van der Waals surface area contributed by atoms with E-state index < -0.39 is 12.1 Å². The van der Waals surface area contributed by atoms with Crippen LogP contribution < -0.4 is 0 Å². The Hall–Kier alpha value is -1.02. The predicted octanol–water partition coefficient (Wildman–Crippen LogP) is 1.21. The third-order valence-electron chi connectivity index (χ3n) is 4.43. The Morgan fingerprint density at radius 3 is 2.43 bits per heavy atom. The van der Waals surface area contributed by atoms with Gasteiger partial charge in [0.1, 0.15) is 30.5 Å². The van der Waals surface area contributed by atoms with Crippen molar-refractivity contribution in [3.05, 3.63) is 35.9 Å². The highest BCUT2D eigenvalue weighted by Crippen LogP contribution is 2.44. The quantitative estimate of drug-likeness (QED) is 0.822. The van der Waals surface area contributed by atoms with Crippen molar-refractivity contribution in [1.29, 1.82) is 0 Å². The van der Waals surface area contributed by atoms with E-state index in [2.05, 4.69) is 0 Å². The van der Waals surface area contributed by atoms with E-state index in [1.54, 1.807) is 0 Å². The lowest BCUT2D eigenvalue weighted by atomic mass is 10.1. The summed E-state index contributed by atoms with van der Waals surface area (Å²) in [5, 5.41) is 9.21. The molecule has 0 aliphatic carbocycles. The number of epoxide rings is 1. The van der Waals surface area contributed by atoms with Gasteiger partial charge in [0.15, 0.2) is 12.1 Å². The average Bonchev–Trinajstić information content (AvgIpc) is 3.16. The van der Waals surface area contributed by atoms with Gasteiger partial charge < -0.3 is 28.8 Å². The molecule has 3 fully saturated rings. The smallest absolute Gasteiger partial charge is 0.187 e. The predicted molar refractivity (Wildman–Crippen MR) is 79.5 cm³/mol. The normalized spacial score (nSPS) is 41.0. The van der Waals surface area contributed by atoms with Gasteiger partial charge in [-0.05, 0) is 19.4 Å². The van der Waals surface area contributed by atoms with Gasteiger partial charge >= 0.3 is 0 Å². The van der Waals surface area contributed by atoms with Crippen molar-refractivity contribution in [1.82, 2.24) is 0 Å². The molecule has 126 valence electrons. The fourth-order valence-electron chi connectivity index (χ4n) is 3.34. The summed E-state index contributed by atoms with van der Waals surface area (Å²) in [6.45, 7) is 4.20. The van der Waals surface area contributed by atoms with Gasteiger partial charge in [0, 0.05) is 0 Å². The lowest BCUT2D eigenvalue weighted by Gasteiger charge is -2.23. The van der Waals surface area contributed by atoms with Crippen LogP contribution >= 0.6 is 0 Å². The first-order valence-corrected chi connectivity index (χ1v) is 8.00. The Morgan fingerprint density at radius 2 is 1.74 bits per heavy atom. The highest BCUT2D eigenvalue weighted by Gasteiger charge is 2.62. The number of hydrogen-bond acceptors (Lipinski definition) is 6. The summed E-state index contributed by atoms with van der Waals surface area (Å²) in [7, 11) is 0. The van der Waals surface area contributed by atoms with Gasteiger partial charge in [-0.15, -0.1) is 0 Å². The van der Waals surface area contributed by atoms with Crippen molar-refractivity contribution in [2.45, 2.75) is 63.1 Å². The van der Waals surface area contributed by atoms with E-state index >= 15 is 0 Å². The summed E-state index contributed by atoms with van der Waals surface area (Å²) in [6, 6.07) is 9.93. The average molecular weight is 322 g/mol. The van der Waals surface area contributed by atoms with Crippen LogP contribution in [-0.4, -0.2) is 54.3 Å². The first-order valence-electron chi connectivity index (χ1n) is 8.00. The molecule has 0 unspecified atom stereocenters. The largest absolute Gasteiger partial charge is 0.394 e. The Labute approximate surface area is 135 Å². The standard InChI is InChI=1S/C17H22O6/c1-17(2)22-14-13(12-11(8-18)20-12)21-16(15(14)23-17)19-9-10-6-4-3-5-7-10/h3-7,11-16,18H,8-9H2,1-2H3/t11-,12+,13+,14-,15-,16-/m0/s1. The van der Waals surface area contributed by atoms with Crippen LogP contribution in [0.4, 0.5) is 0 Å². The molecule has 1 N–H and O–H groups in total. The summed E-state index contributed by atoms with van der Waals surface area (Å²) in [5.74, 6) is -0.671. The van der Waals surface area contributed by atoms with Crippen LogP contribution in [0.2, 0.25) is 0 Å². The van der Waals surface area contributed by atoms with E-state index in [1.807, 2.05) is 44.2 Å². The highest BCUT2D eigenvalue weighted by atomic mass is 16.8. The molecule has 4 rings (SSSR count). The molecule has 1 aromatic rings. The molecule has 0 radical (unpaired) electrons. The van der Waals surface area contributed by atoms with E-state index in [-0.39, 0.29) is 37.1 Å².